The van der Waals surface area contributed by atoms with Gasteiger partial charge in [0.05, 0.1) is 18.1 Å². The van der Waals surface area contributed by atoms with Gasteiger partial charge in [0, 0.05) is 19.1 Å². The third-order valence-corrected chi connectivity index (χ3v) is 3.97. The lowest BCUT2D eigenvalue weighted by Gasteiger charge is -2.13. The lowest BCUT2D eigenvalue weighted by Crippen LogP contribution is -2.42. The Labute approximate surface area is 117 Å². The van der Waals surface area contributed by atoms with Crippen molar-refractivity contribution in [3.63, 3.8) is 0 Å². The summed E-state index contributed by atoms with van der Waals surface area (Å²) in [6, 6.07) is -1.18. The Balaban J connectivity index is 4.12. The zero-order valence-electron chi connectivity index (χ0n) is 10.9. The molecule has 0 saturated carbocycles. The van der Waals surface area contributed by atoms with E-state index in [1.807, 2.05) is 0 Å². The molecule has 2 N–H and O–H groups in total. The quantitative estimate of drug-likeness (QED) is 0.517. The Morgan fingerprint density at radius 2 is 2.05 bits per heavy atom. The van der Waals surface area contributed by atoms with Crippen LogP contribution in [-0.2, 0) is 24.2 Å². The van der Waals surface area contributed by atoms with Crippen LogP contribution in [0.5, 0.6) is 0 Å². The standard InChI is InChI=1S/C10H19NO6S2/c1-17-4-5-18-7-9(12)11-8(10(13)14)3-6-19(2,15)16/h8H,3-7H2,1-2H3,(H,11,12)(H,13,14). The number of ether oxygens (including phenoxy) is 1. The first-order valence-corrected chi connectivity index (χ1v) is 8.74. The summed E-state index contributed by atoms with van der Waals surface area (Å²) in [4.78, 5) is 22.4. The van der Waals surface area contributed by atoms with Crippen molar-refractivity contribution in [3.05, 3.63) is 0 Å². The first-order chi connectivity index (χ1) is 8.76. The summed E-state index contributed by atoms with van der Waals surface area (Å²) in [5, 5.41) is 11.2. The van der Waals surface area contributed by atoms with Gasteiger partial charge in [-0.05, 0) is 6.42 Å². The van der Waals surface area contributed by atoms with Crippen LogP contribution >= 0.6 is 11.8 Å². The number of sulfone groups is 1. The monoisotopic (exact) mass is 313 g/mol. The summed E-state index contributed by atoms with van der Waals surface area (Å²) in [6.45, 7) is 0.508. The second-order valence-electron chi connectivity index (χ2n) is 3.92. The summed E-state index contributed by atoms with van der Waals surface area (Å²) in [5.41, 5.74) is 0. The minimum absolute atomic E-state index is 0.117. The molecule has 19 heavy (non-hydrogen) atoms. The normalized spacial score (nSPS) is 12.9. The van der Waals surface area contributed by atoms with Crippen LogP contribution < -0.4 is 5.32 Å². The van der Waals surface area contributed by atoms with Gasteiger partial charge in [-0.3, -0.25) is 4.79 Å². The van der Waals surface area contributed by atoms with Crippen LogP contribution in [0.1, 0.15) is 6.42 Å². The van der Waals surface area contributed by atoms with Gasteiger partial charge in [0.15, 0.2) is 0 Å². The maximum Gasteiger partial charge on any atom is 0.326 e. The zero-order valence-corrected chi connectivity index (χ0v) is 12.6. The minimum atomic E-state index is -3.25. The first-order valence-electron chi connectivity index (χ1n) is 5.53. The van der Waals surface area contributed by atoms with Crippen molar-refractivity contribution in [1.82, 2.24) is 5.32 Å². The van der Waals surface area contributed by atoms with Crippen LogP contribution in [0.15, 0.2) is 0 Å². The smallest absolute Gasteiger partial charge is 0.326 e. The molecule has 0 aromatic heterocycles. The number of carbonyl (C=O) groups excluding carboxylic acids is 1. The molecule has 0 bridgehead atoms. The largest absolute Gasteiger partial charge is 0.480 e. The number of hydrogen-bond donors (Lipinski definition) is 2. The number of amides is 1. The van der Waals surface area contributed by atoms with E-state index in [0.29, 0.717) is 12.4 Å². The number of hydrogen-bond acceptors (Lipinski definition) is 6. The molecule has 112 valence electrons. The van der Waals surface area contributed by atoms with Crippen molar-refractivity contribution in [2.45, 2.75) is 12.5 Å². The fourth-order valence-corrected chi connectivity index (χ4v) is 2.49. The maximum absolute atomic E-state index is 11.5. The van der Waals surface area contributed by atoms with Crippen molar-refractivity contribution in [1.29, 1.82) is 0 Å². The first kappa shape index (κ1) is 18.2. The molecule has 1 atom stereocenters. The van der Waals surface area contributed by atoms with E-state index in [-0.39, 0.29) is 17.9 Å². The molecule has 1 unspecified atom stereocenters. The van der Waals surface area contributed by atoms with Crippen LogP contribution in [0.2, 0.25) is 0 Å². The number of thioether (sulfide) groups is 1. The molecule has 0 saturated heterocycles. The molecular weight excluding hydrogens is 294 g/mol. The van der Waals surface area contributed by atoms with Crippen LogP contribution in [-0.4, -0.2) is 68.7 Å². The molecule has 0 aliphatic carbocycles. The average molecular weight is 313 g/mol. The number of carboxylic acid groups (broad SMARTS) is 1. The summed E-state index contributed by atoms with van der Waals surface area (Å²) < 4.78 is 26.7. The highest BCUT2D eigenvalue weighted by molar-refractivity contribution is 7.99. The molecule has 1 amide bonds. The topological polar surface area (TPSA) is 110 Å². The molecule has 0 aromatic rings. The van der Waals surface area contributed by atoms with Gasteiger partial charge in [0.25, 0.3) is 0 Å². The van der Waals surface area contributed by atoms with Gasteiger partial charge in [-0.15, -0.1) is 11.8 Å². The summed E-state index contributed by atoms with van der Waals surface area (Å²) >= 11 is 1.32. The molecule has 0 aromatic carbocycles. The Kier molecular flexibility index (Phi) is 8.77. The van der Waals surface area contributed by atoms with Crippen LogP contribution in [0, 0.1) is 0 Å². The van der Waals surface area contributed by atoms with E-state index in [9.17, 15) is 18.0 Å². The van der Waals surface area contributed by atoms with Gasteiger partial charge in [0.1, 0.15) is 15.9 Å². The highest BCUT2D eigenvalue weighted by Gasteiger charge is 2.21. The number of rotatable bonds is 10. The molecule has 0 radical (unpaired) electrons. The second-order valence-corrected chi connectivity index (χ2v) is 7.29. The van der Waals surface area contributed by atoms with Gasteiger partial charge >= 0.3 is 5.97 Å². The van der Waals surface area contributed by atoms with Gasteiger partial charge in [-0.2, -0.15) is 0 Å². The molecule has 7 nitrogen and oxygen atoms in total. The third kappa shape index (κ3) is 10.8. The Hall–Kier alpha value is -0.800. The van der Waals surface area contributed by atoms with Crippen LogP contribution in [0.25, 0.3) is 0 Å². The summed E-state index contributed by atoms with van der Waals surface area (Å²) in [6.07, 6.45) is 0.886. The number of aliphatic carboxylic acids is 1. The van der Waals surface area contributed by atoms with Crippen molar-refractivity contribution < 1.29 is 27.9 Å². The summed E-state index contributed by atoms with van der Waals surface area (Å²) in [7, 11) is -1.70. The maximum atomic E-state index is 11.5. The van der Waals surface area contributed by atoms with E-state index in [2.05, 4.69) is 5.32 Å². The number of methoxy groups -OCH3 is 1. The lowest BCUT2D eigenvalue weighted by molar-refractivity contribution is -0.141. The Morgan fingerprint density at radius 1 is 1.42 bits per heavy atom. The Morgan fingerprint density at radius 3 is 2.53 bits per heavy atom. The van der Waals surface area contributed by atoms with Gasteiger partial charge in [0.2, 0.25) is 5.91 Å². The molecule has 0 aliphatic heterocycles. The third-order valence-electron chi connectivity index (χ3n) is 2.08. The van der Waals surface area contributed by atoms with Gasteiger partial charge < -0.3 is 15.2 Å². The van der Waals surface area contributed by atoms with Crippen molar-refractivity contribution in [3.8, 4) is 0 Å². The van der Waals surface area contributed by atoms with E-state index >= 15 is 0 Å². The molecule has 0 aliphatic rings. The molecule has 0 fully saturated rings. The minimum Gasteiger partial charge on any atom is -0.480 e. The van der Waals surface area contributed by atoms with E-state index < -0.39 is 27.8 Å². The highest BCUT2D eigenvalue weighted by atomic mass is 32.2. The van der Waals surface area contributed by atoms with E-state index in [1.54, 1.807) is 7.11 Å². The predicted molar refractivity (Wildman–Crippen MR) is 73.1 cm³/mol. The Bertz CT molecular complexity index is 395. The molecular formula is C10H19NO6S2. The van der Waals surface area contributed by atoms with Gasteiger partial charge in [-0.25, -0.2) is 13.2 Å². The molecule has 0 rings (SSSR count). The molecule has 0 heterocycles. The van der Waals surface area contributed by atoms with E-state index in [4.69, 9.17) is 9.84 Å². The van der Waals surface area contributed by atoms with Crippen molar-refractivity contribution >= 4 is 33.5 Å². The average Bonchev–Trinajstić information content (AvgIpc) is 2.28. The van der Waals surface area contributed by atoms with Crippen molar-refractivity contribution in [2.75, 3.05) is 37.2 Å². The number of nitrogens with one attached hydrogen (secondary N) is 1. The second kappa shape index (κ2) is 9.16. The van der Waals surface area contributed by atoms with Crippen LogP contribution in [0.4, 0.5) is 0 Å². The summed E-state index contributed by atoms with van der Waals surface area (Å²) in [5.74, 6) is -1.20. The van der Waals surface area contributed by atoms with Crippen molar-refractivity contribution in [2.24, 2.45) is 0 Å². The predicted octanol–water partition coefficient (Wildman–Crippen LogP) is -0.630. The van der Waals surface area contributed by atoms with Gasteiger partial charge in [-0.1, -0.05) is 0 Å². The fourth-order valence-electron chi connectivity index (χ4n) is 1.13. The highest BCUT2D eigenvalue weighted by Crippen LogP contribution is 2.01. The lowest BCUT2D eigenvalue weighted by atomic mass is 10.2. The van der Waals surface area contributed by atoms with E-state index in [0.717, 1.165) is 6.26 Å². The number of carboxylic acids is 1. The molecule has 0 spiro atoms. The number of carbonyl (C=O) groups is 2. The fraction of sp³-hybridized carbons (Fsp3) is 0.800. The SMILES string of the molecule is COCCSCC(=O)NC(CCS(C)(=O)=O)C(=O)O. The van der Waals surface area contributed by atoms with E-state index in [1.165, 1.54) is 11.8 Å². The van der Waals surface area contributed by atoms with Crippen LogP contribution in [0.3, 0.4) is 0 Å². The molecule has 9 heteroatoms. The zero-order chi connectivity index (χ0) is 14.9.